The van der Waals surface area contributed by atoms with Gasteiger partial charge < -0.3 is 0 Å². The number of hydrogen-bond acceptors (Lipinski definition) is 3. The summed E-state index contributed by atoms with van der Waals surface area (Å²) in [5.74, 6) is 0. The third kappa shape index (κ3) is 5.74. The van der Waals surface area contributed by atoms with Crippen LogP contribution >= 0.6 is 0 Å². The van der Waals surface area contributed by atoms with Gasteiger partial charge in [-0.25, -0.2) is 8.42 Å². The van der Waals surface area contributed by atoms with E-state index in [1.165, 1.54) is 6.08 Å². The van der Waals surface area contributed by atoms with Gasteiger partial charge in [0.2, 0.25) is 10.0 Å². The van der Waals surface area contributed by atoms with E-state index in [4.69, 9.17) is 0 Å². The highest BCUT2D eigenvalue weighted by Gasteiger charge is 2.01. The van der Waals surface area contributed by atoms with E-state index in [2.05, 4.69) is 11.4 Å². The van der Waals surface area contributed by atoms with Crippen LogP contribution in [-0.4, -0.2) is 20.8 Å². The van der Waals surface area contributed by atoms with Crippen LogP contribution in [0, 0.1) is 0 Å². The first-order valence-electron chi connectivity index (χ1n) is 2.70. The molecule has 0 heterocycles. The summed E-state index contributed by atoms with van der Waals surface area (Å²) in [6.07, 6.45) is 2.19. The van der Waals surface area contributed by atoms with Gasteiger partial charge in [0.1, 0.15) is 0 Å². The molecule has 0 radical (unpaired) electrons. The van der Waals surface area contributed by atoms with Crippen LogP contribution < -0.4 is 4.89 Å². The minimum atomic E-state index is -3.25. The van der Waals surface area contributed by atoms with E-state index in [1.807, 2.05) is 4.89 Å². The number of nitrogens with one attached hydrogen (secondary N) is 1. The van der Waals surface area contributed by atoms with Gasteiger partial charge in [0.15, 0.2) is 0 Å². The summed E-state index contributed by atoms with van der Waals surface area (Å²) in [4.78, 5) is 6.47. The Kier molecular flexibility index (Phi) is 3.55. The van der Waals surface area contributed by atoms with E-state index < -0.39 is 10.0 Å². The number of sulfonamides is 1. The molecule has 10 heavy (non-hydrogen) atoms. The van der Waals surface area contributed by atoms with Crippen molar-refractivity contribution in [1.82, 2.24) is 4.89 Å². The zero-order valence-corrected chi connectivity index (χ0v) is 6.81. The zero-order chi connectivity index (χ0) is 8.20. The van der Waals surface area contributed by atoms with Crippen LogP contribution in [0.3, 0.4) is 0 Å². The highest BCUT2D eigenvalue weighted by Crippen LogP contribution is 1.87. The van der Waals surface area contributed by atoms with E-state index in [9.17, 15) is 8.42 Å². The van der Waals surface area contributed by atoms with E-state index in [0.717, 1.165) is 6.26 Å². The SMILES string of the molecule is C=CC(C)ONS(C)(=O)=O. The molecule has 4 nitrogen and oxygen atoms in total. The molecule has 60 valence electrons. The predicted octanol–water partition coefficient (Wildman–Crippen LogP) is 0.0417. The van der Waals surface area contributed by atoms with E-state index in [1.54, 1.807) is 6.92 Å². The number of hydrogen-bond donors (Lipinski definition) is 1. The lowest BCUT2D eigenvalue weighted by Crippen LogP contribution is -2.26. The van der Waals surface area contributed by atoms with Crippen LogP contribution in [0.15, 0.2) is 12.7 Å². The minimum Gasteiger partial charge on any atom is -0.280 e. The molecule has 1 unspecified atom stereocenters. The monoisotopic (exact) mass is 165 g/mol. The minimum absolute atomic E-state index is 0.310. The summed E-state index contributed by atoms with van der Waals surface area (Å²) in [5, 5.41) is 0. The zero-order valence-electron chi connectivity index (χ0n) is 5.99. The van der Waals surface area contributed by atoms with Crippen molar-refractivity contribution in [3.05, 3.63) is 12.7 Å². The second kappa shape index (κ2) is 3.70. The summed E-state index contributed by atoms with van der Waals surface area (Å²) in [6.45, 7) is 5.07. The highest BCUT2D eigenvalue weighted by atomic mass is 32.2. The van der Waals surface area contributed by atoms with Crippen molar-refractivity contribution in [1.29, 1.82) is 0 Å². The second-order valence-electron chi connectivity index (χ2n) is 1.91. The summed E-state index contributed by atoms with van der Waals surface area (Å²) in [7, 11) is -3.25. The first-order chi connectivity index (χ1) is 4.45. The van der Waals surface area contributed by atoms with Gasteiger partial charge in [-0.3, -0.25) is 4.84 Å². The molecule has 0 aromatic carbocycles. The molecule has 0 fully saturated rings. The Labute approximate surface area is 60.9 Å². The quantitative estimate of drug-likeness (QED) is 0.472. The standard InChI is InChI=1S/C5H11NO3S/c1-4-5(2)9-6-10(3,7)8/h4-6H,1H2,2-3H3. The predicted molar refractivity (Wildman–Crippen MR) is 38.7 cm³/mol. The highest BCUT2D eigenvalue weighted by molar-refractivity contribution is 7.88. The van der Waals surface area contributed by atoms with Crippen molar-refractivity contribution >= 4 is 10.0 Å². The first-order valence-corrected chi connectivity index (χ1v) is 4.60. The number of rotatable bonds is 4. The van der Waals surface area contributed by atoms with Crippen LogP contribution in [0.4, 0.5) is 0 Å². The molecule has 5 heteroatoms. The molecule has 0 aromatic rings. The van der Waals surface area contributed by atoms with Gasteiger partial charge >= 0.3 is 0 Å². The summed E-state index contributed by atoms with van der Waals surface area (Å²) >= 11 is 0. The molecule has 0 aliphatic rings. The first kappa shape index (κ1) is 9.61. The van der Waals surface area contributed by atoms with Crippen molar-refractivity contribution in [2.24, 2.45) is 0 Å². The maximum absolute atomic E-state index is 10.4. The molecule has 0 spiro atoms. The van der Waals surface area contributed by atoms with Gasteiger partial charge in [-0.2, -0.15) is 0 Å². The fourth-order valence-electron chi connectivity index (χ4n) is 0.211. The Bertz CT molecular complexity index is 197. The Hall–Kier alpha value is -0.390. The maximum Gasteiger partial charge on any atom is 0.230 e. The van der Waals surface area contributed by atoms with Gasteiger partial charge in [0, 0.05) is 0 Å². The third-order valence-corrected chi connectivity index (χ3v) is 1.12. The van der Waals surface area contributed by atoms with E-state index in [-0.39, 0.29) is 6.10 Å². The molecule has 0 saturated heterocycles. The molecule has 0 aliphatic carbocycles. The molecule has 0 bridgehead atoms. The van der Waals surface area contributed by atoms with Crippen LogP contribution in [0.1, 0.15) is 6.92 Å². The van der Waals surface area contributed by atoms with E-state index >= 15 is 0 Å². The Balaban J connectivity index is 3.66. The second-order valence-corrected chi connectivity index (χ2v) is 3.63. The third-order valence-electron chi connectivity index (χ3n) is 0.717. The molecule has 0 amide bonds. The maximum atomic E-state index is 10.4. The molecule has 1 atom stereocenters. The van der Waals surface area contributed by atoms with Gasteiger partial charge in [-0.1, -0.05) is 11.0 Å². The average Bonchev–Trinajstić information content (AvgIpc) is 1.81. The smallest absolute Gasteiger partial charge is 0.230 e. The van der Waals surface area contributed by atoms with Crippen LogP contribution in [0.25, 0.3) is 0 Å². The van der Waals surface area contributed by atoms with Crippen molar-refractivity contribution in [2.45, 2.75) is 13.0 Å². The molecule has 0 aliphatic heterocycles. The van der Waals surface area contributed by atoms with Crippen molar-refractivity contribution in [3.8, 4) is 0 Å². The topological polar surface area (TPSA) is 55.4 Å². The average molecular weight is 165 g/mol. The van der Waals surface area contributed by atoms with Gasteiger partial charge in [0.05, 0.1) is 12.4 Å². The Morgan fingerprint density at radius 2 is 2.20 bits per heavy atom. The summed E-state index contributed by atoms with van der Waals surface area (Å²) < 4.78 is 20.8. The molecule has 0 aromatic heterocycles. The molecule has 0 saturated carbocycles. The molecule has 0 rings (SSSR count). The van der Waals surface area contributed by atoms with Crippen molar-refractivity contribution in [2.75, 3.05) is 6.26 Å². The molecular formula is C5H11NO3S. The van der Waals surface area contributed by atoms with Crippen LogP contribution in [0.2, 0.25) is 0 Å². The van der Waals surface area contributed by atoms with Gasteiger partial charge in [0.25, 0.3) is 0 Å². The Morgan fingerprint density at radius 3 is 2.50 bits per heavy atom. The normalized spacial score (nSPS) is 14.6. The van der Waals surface area contributed by atoms with Crippen LogP contribution in [-0.2, 0) is 14.9 Å². The van der Waals surface area contributed by atoms with Gasteiger partial charge in [-0.15, -0.1) is 6.58 Å². The lowest BCUT2D eigenvalue weighted by atomic mass is 10.4. The fourth-order valence-corrected chi connectivity index (χ4v) is 0.538. The Morgan fingerprint density at radius 1 is 1.70 bits per heavy atom. The molecular weight excluding hydrogens is 154 g/mol. The van der Waals surface area contributed by atoms with Gasteiger partial charge in [-0.05, 0) is 6.92 Å². The fraction of sp³-hybridized carbons (Fsp3) is 0.600. The van der Waals surface area contributed by atoms with E-state index in [0.29, 0.717) is 0 Å². The van der Waals surface area contributed by atoms with Crippen molar-refractivity contribution < 1.29 is 13.3 Å². The summed E-state index contributed by atoms with van der Waals surface area (Å²) in [6, 6.07) is 0. The van der Waals surface area contributed by atoms with Crippen molar-refractivity contribution in [3.63, 3.8) is 0 Å². The largest absolute Gasteiger partial charge is 0.280 e. The lowest BCUT2D eigenvalue weighted by molar-refractivity contribution is 0.0589. The summed E-state index contributed by atoms with van der Waals surface area (Å²) in [5.41, 5.74) is 0. The lowest BCUT2D eigenvalue weighted by Gasteiger charge is -2.05. The molecule has 1 N–H and O–H groups in total. The van der Waals surface area contributed by atoms with Crippen LogP contribution in [0.5, 0.6) is 0 Å².